The average Bonchev–Trinajstić information content (AvgIpc) is 2.90. The standard InChI is InChI=1S/C18H19N2O3P/c1-3-23-24(22,13-9-5-4-6-10-13)17-14-11-7-8-12-15(14)20(2)16(17)18(19)21/h4-12H,3H2,1-2H3,(H2,19,21). The molecular weight excluding hydrogens is 323 g/mol. The Hall–Kier alpha value is -2.36. The third kappa shape index (κ3) is 2.46. The largest absolute Gasteiger partial charge is 0.364 e. The van der Waals surface area contributed by atoms with Gasteiger partial charge in [-0.15, -0.1) is 0 Å². The highest BCUT2D eigenvalue weighted by Gasteiger charge is 2.36. The molecule has 0 aliphatic rings. The van der Waals surface area contributed by atoms with Crippen LogP contribution in [0, 0.1) is 0 Å². The summed E-state index contributed by atoms with van der Waals surface area (Å²) in [5.41, 5.74) is 6.62. The summed E-state index contributed by atoms with van der Waals surface area (Å²) in [6.07, 6.45) is 0. The smallest absolute Gasteiger partial charge is 0.266 e. The number of benzene rings is 2. The van der Waals surface area contributed by atoms with E-state index in [0.717, 1.165) is 10.9 Å². The van der Waals surface area contributed by atoms with Crippen LogP contribution in [0.3, 0.4) is 0 Å². The predicted octanol–water partition coefficient (Wildman–Crippen LogP) is 2.54. The zero-order valence-corrected chi connectivity index (χ0v) is 14.5. The summed E-state index contributed by atoms with van der Waals surface area (Å²) < 4.78 is 21.4. The molecule has 1 aromatic heterocycles. The van der Waals surface area contributed by atoms with Gasteiger partial charge in [0.15, 0.2) is 0 Å². The van der Waals surface area contributed by atoms with Gasteiger partial charge in [-0.05, 0) is 25.1 Å². The molecule has 0 fully saturated rings. The maximum Gasteiger partial charge on any atom is 0.266 e. The Morgan fingerprint density at radius 2 is 1.75 bits per heavy atom. The number of aryl methyl sites for hydroxylation is 1. The van der Waals surface area contributed by atoms with Crippen LogP contribution in [0.25, 0.3) is 10.9 Å². The Balaban J connectivity index is 2.44. The second-order valence-electron chi connectivity index (χ2n) is 5.44. The zero-order chi connectivity index (χ0) is 17.3. The van der Waals surface area contributed by atoms with Gasteiger partial charge in [-0.1, -0.05) is 36.4 Å². The van der Waals surface area contributed by atoms with Crippen molar-refractivity contribution in [1.29, 1.82) is 0 Å². The quantitative estimate of drug-likeness (QED) is 0.724. The Kier molecular flexibility index (Phi) is 4.31. The molecule has 124 valence electrons. The van der Waals surface area contributed by atoms with E-state index in [1.54, 1.807) is 42.8 Å². The third-order valence-corrected chi connectivity index (χ3v) is 6.66. The average molecular weight is 342 g/mol. The second kappa shape index (κ2) is 6.27. The van der Waals surface area contributed by atoms with Crippen molar-refractivity contribution >= 4 is 34.8 Å². The molecule has 1 unspecified atom stereocenters. The van der Waals surface area contributed by atoms with Gasteiger partial charge in [-0.3, -0.25) is 9.36 Å². The molecule has 1 atom stereocenters. The number of carbonyl (C=O) groups excluding carboxylic acids is 1. The summed E-state index contributed by atoms with van der Waals surface area (Å²) >= 11 is 0. The number of primary amides is 1. The van der Waals surface area contributed by atoms with Crippen molar-refractivity contribution < 1.29 is 13.9 Å². The van der Waals surface area contributed by atoms with Crippen LogP contribution >= 0.6 is 7.37 Å². The van der Waals surface area contributed by atoms with Crippen LogP contribution < -0.4 is 16.3 Å². The maximum absolute atomic E-state index is 13.9. The first-order valence-corrected chi connectivity index (χ1v) is 9.31. The topological polar surface area (TPSA) is 74.3 Å². The molecule has 5 nitrogen and oxygen atoms in total. The normalized spacial score (nSPS) is 13.8. The van der Waals surface area contributed by atoms with Gasteiger partial charge in [0, 0.05) is 23.3 Å². The van der Waals surface area contributed by atoms with Crippen LogP contribution in [0.5, 0.6) is 0 Å². The molecule has 2 N–H and O–H groups in total. The van der Waals surface area contributed by atoms with E-state index >= 15 is 0 Å². The van der Waals surface area contributed by atoms with Crippen LogP contribution in [0.4, 0.5) is 0 Å². The molecule has 0 saturated heterocycles. The molecule has 1 heterocycles. The van der Waals surface area contributed by atoms with Crippen molar-refractivity contribution in [3.63, 3.8) is 0 Å². The van der Waals surface area contributed by atoms with Crippen molar-refractivity contribution in [3.8, 4) is 0 Å². The summed E-state index contributed by atoms with van der Waals surface area (Å²) in [6.45, 7) is 2.04. The van der Waals surface area contributed by atoms with E-state index in [0.29, 0.717) is 10.6 Å². The highest BCUT2D eigenvalue weighted by molar-refractivity contribution is 7.75. The fourth-order valence-corrected chi connectivity index (χ4v) is 5.54. The van der Waals surface area contributed by atoms with Crippen molar-refractivity contribution in [1.82, 2.24) is 4.57 Å². The van der Waals surface area contributed by atoms with E-state index in [4.69, 9.17) is 10.3 Å². The molecule has 3 aromatic rings. The molecule has 0 bridgehead atoms. The number of nitrogens with two attached hydrogens (primary N) is 1. The van der Waals surface area contributed by atoms with Crippen LogP contribution in [0.2, 0.25) is 0 Å². The number of amides is 1. The van der Waals surface area contributed by atoms with Crippen LogP contribution in [0.15, 0.2) is 54.6 Å². The van der Waals surface area contributed by atoms with Crippen LogP contribution in [-0.4, -0.2) is 17.1 Å². The van der Waals surface area contributed by atoms with Gasteiger partial charge in [0.2, 0.25) is 0 Å². The monoisotopic (exact) mass is 342 g/mol. The van der Waals surface area contributed by atoms with Gasteiger partial charge in [-0.25, -0.2) is 0 Å². The Bertz CT molecular complexity index is 948. The highest BCUT2D eigenvalue weighted by Crippen LogP contribution is 2.48. The van der Waals surface area contributed by atoms with Gasteiger partial charge in [0.05, 0.1) is 11.9 Å². The van der Waals surface area contributed by atoms with Crippen molar-refractivity contribution in [2.75, 3.05) is 6.61 Å². The van der Waals surface area contributed by atoms with Gasteiger partial charge >= 0.3 is 0 Å². The molecule has 3 rings (SSSR count). The van der Waals surface area contributed by atoms with Crippen LogP contribution in [-0.2, 0) is 16.1 Å². The second-order valence-corrected chi connectivity index (χ2v) is 7.77. The molecule has 0 radical (unpaired) electrons. The zero-order valence-electron chi connectivity index (χ0n) is 13.6. The molecule has 0 saturated carbocycles. The van der Waals surface area contributed by atoms with Gasteiger partial charge in [-0.2, -0.15) is 0 Å². The molecule has 24 heavy (non-hydrogen) atoms. The summed E-state index contributed by atoms with van der Waals surface area (Å²) in [4.78, 5) is 12.1. The summed E-state index contributed by atoms with van der Waals surface area (Å²) in [6, 6.07) is 16.4. The fraction of sp³-hybridized carbons (Fsp3) is 0.167. The SMILES string of the molecule is CCOP(=O)(c1ccccc1)c1c(C(N)=O)n(C)c2ccccc12. The Morgan fingerprint density at radius 1 is 1.12 bits per heavy atom. The van der Waals surface area contributed by atoms with Gasteiger partial charge in [0.1, 0.15) is 5.69 Å². The van der Waals surface area contributed by atoms with E-state index in [1.165, 1.54) is 0 Å². The van der Waals surface area contributed by atoms with E-state index in [-0.39, 0.29) is 12.3 Å². The number of rotatable bonds is 5. The van der Waals surface area contributed by atoms with E-state index in [2.05, 4.69) is 0 Å². The number of para-hydroxylation sites is 1. The van der Waals surface area contributed by atoms with Crippen molar-refractivity contribution in [2.24, 2.45) is 12.8 Å². The third-order valence-electron chi connectivity index (χ3n) is 4.02. The number of carbonyl (C=O) groups is 1. The van der Waals surface area contributed by atoms with E-state index in [9.17, 15) is 9.36 Å². The first-order valence-electron chi connectivity index (χ1n) is 7.68. The number of hydrogen-bond donors (Lipinski definition) is 1. The fourth-order valence-electron chi connectivity index (χ4n) is 3.03. The first-order chi connectivity index (χ1) is 11.5. The molecular formula is C18H19N2O3P. The summed E-state index contributed by atoms with van der Waals surface area (Å²) in [5, 5.41) is 1.64. The Morgan fingerprint density at radius 3 is 2.38 bits per heavy atom. The first kappa shape index (κ1) is 16.5. The lowest BCUT2D eigenvalue weighted by molar-refractivity contribution is 0.0994. The van der Waals surface area contributed by atoms with E-state index in [1.807, 2.05) is 30.3 Å². The number of nitrogens with zero attached hydrogens (tertiary/aromatic N) is 1. The van der Waals surface area contributed by atoms with Gasteiger partial charge < -0.3 is 14.8 Å². The molecule has 0 aliphatic carbocycles. The summed E-state index contributed by atoms with van der Waals surface area (Å²) in [7, 11) is -1.72. The lowest BCUT2D eigenvalue weighted by atomic mass is 10.2. The highest BCUT2D eigenvalue weighted by atomic mass is 31.2. The van der Waals surface area contributed by atoms with Crippen LogP contribution in [0.1, 0.15) is 17.4 Å². The van der Waals surface area contributed by atoms with Crippen molar-refractivity contribution in [3.05, 3.63) is 60.3 Å². The lowest BCUT2D eigenvalue weighted by Crippen LogP contribution is -2.27. The lowest BCUT2D eigenvalue weighted by Gasteiger charge is -2.19. The number of aromatic nitrogens is 1. The minimum atomic E-state index is -3.46. The number of hydrogen-bond acceptors (Lipinski definition) is 3. The maximum atomic E-state index is 13.9. The summed E-state index contributed by atoms with van der Waals surface area (Å²) in [5.74, 6) is -0.625. The molecule has 1 amide bonds. The number of fused-ring (bicyclic) bond motifs is 1. The minimum Gasteiger partial charge on any atom is -0.364 e. The van der Waals surface area contributed by atoms with E-state index < -0.39 is 13.3 Å². The van der Waals surface area contributed by atoms with Gasteiger partial charge in [0.25, 0.3) is 13.3 Å². The molecule has 2 aromatic carbocycles. The molecule has 0 aliphatic heterocycles. The minimum absolute atomic E-state index is 0.219. The Labute approximate surface area is 140 Å². The molecule has 6 heteroatoms. The molecule has 0 spiro atoms. The predicted molar refractivity (Wildman–Crippen MR) is 96.4 cm³/mol. The van der Waals surface area contributed by atoms with Crippen molar-refractivity contribution in [2.45, 2.75) is 6.92 Å².